The number of aromatic nitrogens is 1. The highest BCUT2D eigenvalue weighted by molar-refractivity contribution is 14.1. The van der Waals surface area contributed by atoms with E-state index < -0.39 is 11.7 Å². The number of alkyl halides is 2. The average Bonchev–Trinajstić information content (AvgIpc) is 2.15. The number of ether oxygens (including phenoxy) is 1. The van der Waals surface area contributed by atoms with Crippen molar-refractivity contribution < 1.29 is 18.3 Å². The molecule has 1 aromatic heterocycles. The molecule has 0 saturated carbocycles. The second kappa shape index (κ2) is 5.02. The molecule has 82 valence electrons. The van der Waals surface area contributed by atoms with Gasteiger partial charge in [-0.3, -0.25) is 4.79 Å². The van der Waals surface area contributed by atoms with Gasteiger partial charge in [-0.25, -0.2) is 13.8 Å². The highest BCUT2D eigenvalue weighted by Gasteiger charge is 2.24. The molecule has 0 aliphatic rings. The van der Waals surface area contributed by atoms with Crippen molar-refractivity contribution in [2.24, 2.45) is 0 Å². The number of pyridine rings is 1. The number of rotatable bonds is 3. The first kappa shape index (κ1) is 12.6. The number of halogens is 4. The number of hydrogen-bond donors (Lipinski definition) is 0. The van der Waals surface area contributed by atoms with Crippen LogP contribution in [0.25, 0.3) is 0 Å². The van der Waals surface area contributed by atoms with Crippen LogP contribution in [-0.2, 0) is 0 Å². The van der Waals surface area contributed by atoms with Crippen LogP contribution in [0.2, 0.25) is 0 Å². The van der Waals surface area contributed by atoms with Gasteiger partial charge in [-0.1, -0.05) is 0 Å². The molecule has 0 atom stereocenters. The lowest BCUT2D eigenvalue weighted by Crippen LogP contribution is -2.05. The monoisotopic (exact) mass is 347 g/mol. The summed E-state index contributed by atoms with van der Waals surface area (Å²) in [5, 5.41) is -0.926. The van der Waals surface area contributed by atoms with E-state index in [1.54, 1.807) is 22.6 Å². The maximum absolute atomic E-state index is 12.7. The summed E-state index contributed by atoms with van der Waals surface area (Å²) in [6, 6.07) is 0. The van der Waals surface area contributed by atoms with Crippen molar-refractivity contribution >= 4 is 39.4 Å². The van der Waals surface area contributed by atoms with E-state index in [9.17, 15) is 13.6 Å². The quantitative estimate of drug-likeness (QED) is 0.623. The molecule has 1 rings (SSSR count). The van der Waals surface area contributed by atoms with Gasteiger partial charge in [-0.15, -0.1) is 0 Å². The zero-order valence-electron chi connectivity index (χ0n) is 7.43. The predicted molar refractivity (Wildman–Crippen MR) is 58.6 cm³/mol. The maximum atomic E-state index is 12.7. The van der Waals surface area contributed by atoms with Crippen LogP contribution >= 0.6 is 34.2 Å². The predicted octanol–water partition coefficient (Wildman–Crippen LogP) is 3.01. The van der Waals surface area contributed by atoms with Crippen LogP contribution in [0.3, 0.4) is 0 Å². The van der Waals surface area contributed by atoms with Crippen molar-refractivity contribution in [3.05, 3.63) is 21.0 Å². The second-order valence-electron chi connectivity index (χ2n) is 2.48. The highest BCUT2D eigenvalue weighted by atomic mass is 127. The first-order valence-corrected chi connectivity index (χ1v) is 5.15. The summed E-state index contributed by atoms with van der Waals surface area (Å²) in [6.45, 7) is 0. The Bertz CT molecular complexity index is 400. The lowest BCUT2D eigenvalue weighted by Gasteiger charge is -2.11. The fraction of sp³-hybridized carbons (Fsp3) is 0.250. The van der Waals surface area contributed by atoms with Crippen LogP contribution < -0.4 is 4.74 Å². The molecule has 0 unspecified atom stereocenters. The van der Waals surface area contributed by atoms with Crippen LogP contribution in [0.15, 0.2) is 6.20 Å². The van der Waals surface area contributed by atoms with Crippen molar-refractivity contribution in [1.29, 1.82) is 0 Å². The topological polar surface area (TPSA) is 39.2 Å². The molecule has 0 bridgehead atoms. The lowest BCUT2D eigenvalue weighted by molar-refractivity contribution is 0.107. The smallest absolute Gasteiger partial charge is 0.274 e. The fourth-order valence-corrected chi connectivity index (χ4v) is 1.79. The minimum atomic E-state index is -2.75. The van der Waals surface area contributed by atoms with Crippen molar-refractivity contribution in [3.63, 3.8) is 0 Å². The first-order valence-electron chi connectivity index (χ1n) is 3.69. The third-order valence-corrected chi connectivity index (χ3v) is 2.67. The summed E-state index contributed by atoms with van der Waals surface area (Å²) >= 11 is 6.88. The largest absolute Gasteiger partial charge is 0.494 e. The van der Waals surface area contributed by atoms with E-state index in [0.29, 0.717) is 0 Å². The molecule has 0 saturated heterocycles. The van der Waals surface area contributed by atoms with E-state index in [1.165, 1.54) is 7.11 Å². The third kappa shape index (κ3) is 2.54. The molecule has 15 heavy (non-hydrogen) atoms. The second-order valence-corrected chi connectivity index (χ2v) is 3.98. The normalized spacial score (nSPS) is 10.5. The van der Waals surface area contributed by atoms with Crippen molar-refractivity contribution in [1.82, 2.24) is 4.98 Å². The summed E-state index contributed by atoms with van der Waals surface area (Å²) in [5.74, 6) is -0.267. The van der Waals surface area contributed by atoms with E-state index in [1.807, 2.05) is 0 Å². The molecule has 3 nitrogen and oxygen atoms in total. The Balaban J connectivity index is 3.47. The van der Waals surface area contributed by atoms with Gasteiger partial charge >= 0.3 is 0 Å². The summed E-state index contributed by atoms with van der Waals surface area (Å²) in [6.07, 6.45) is -1.59. The molecule has 0 radical (unpaired) electrons. The Morgan fingerprint density at radius 3 is 2.67 bits per heavy atom. The molecule has 0 aliphatic heterocycles. The standard InChI is InChI=1S/C8H5ClF2INO2/c1-15-6-4(8(10)11)3(12)2-13-5(6)7(9)14/h2,8H,1H3. The third-order valence-electron chi connectivity index (χ3n) is 1.63. The molecule has 1 heterocycles. The Morgan fingerprint density at radius 1 is 1.67 bits per heavy atom. The zero-order valence-corrected chi connectivity index (χ0v) is 10.3. The lowest BCUT2D eigenvalue weighted by atomic mass is 10.2. The van der Waals surface area contributed by atoms with E-state index in [-0.39, 0.29) is 20.6 Å². The van der Waals surface area contributed by atoms with Gasteiger partial charge < -0.3 is 4.74 Å². The molecule has 0 aromatic carbocycles. The zero-order chi connectivity index (χ0) is 11.6. The first-order chi connectivity index (χ1) is 6.99. The SMILES string of the molecule is COc1c(C(=O)Cl)ncc(I)c1C(F)F. The molecule has 0 aliphatic carbocycles. The summed E-state index contributed by atoms with van der Waals surface area (Å²) < 4.78 is 30.3. The van der Waals surface area contributed by atoms with Gasteiger partial charge in [-0.05, 0) is 34.2 Å². The number of nitrogens with zero attached hydrogens (tertiary/aromatic N) is 1. The number of methoxy groups -OCH3 is 1. The van der Waals surface area contributed by atoms with Crippen LogP contribution in [0, 0.1) is 3.57 Å². The van der Waals surface area contributed by atoms with Gasteiger partial charge in [0.2, 0.25) is 0 Å². The summed E-state index contributed by atoms with van der Waals surface area (Å²) in [7, 11) is 1.18. The molecule has 7 heteroatoms. The number of carbonyl (C=O) groups is 1. The van der Waals surface area contributed by atoms with Crippen LogP contribution in [-0.4, -0.2) is 17.3 Å². The van der Waals surface area contributed by atoms with Crippen LogP contribution in [0.5, 0.6) is 5.75 Å². The van der Waals surface area contributed by atoms with E-state index in [4.69, 9.17) is 16.3 Å². The molecular formula is C8H5ClF2INO2. The van der Waals surface area contributed by atoms with Crippen molar-refractivity contribution in [3.8, 4) is 5.75 Å². The summed E-state index contributed by atoms with van der Waals surface area (Å²) in [4.78, 5) is 14.5. The van der Waals surface area contributed by atoms with Gasteiger partial charge in [0.25, 0.3) is 11.7 Å². The van der Waals surface area contributed by atoms with Gasteiger partial charge in [0.1, 0.15) is 0 Å². The molecular weight excluding hydrogens is 342 g/mol. The van der Waals surface area contributed by atoms with Crippen molar-refractivity contribution in [2.45, 2.75) is 6.43 Å². The van der Waals surface area contributed by atoms with Gasteiger partial charge in [0.15, 0.2) is 11.4 Å². The number of carbonyl (C=O) groups excluding carboxylic acids is 1. The van der Waals surface area contributed by atoms with E-state index >= 15 is 0 Å². The van der Waals surface area contributed by atoms with Gasteiger partial charge in [0.05, 0.1) is 12.7 Å². The minimum absolute atomic E-state index is 0.223. The Kier molecular flexibility index (Phi) is 4.21. The highest BCUT2D eigenvalue weighted by Crippen LogP contribution is 2.35. The fourth-order valence-electron chi connectivity index (χ4n) is 1.04. The molecule has 1 aromatic rings. The number of hydrogen-bond acceptors (Lipinski definition) is 3. The molecule has 0 fully saturated rings. The average molecular weight is 347 g/mol. The Hall–Kier alpha value is -0.500. The van der Waals surface area contributed by atoms with Gasteiger partial charge in [-0.2, -0.15) is 0 Å². The van der Waals surface area contributed by atoms with Crippen molar-refractivity contribution in [2.75, 3.05) is 7.11 Å². The molecule has 0 spiro atoms. The summed E-state index contributed by atoms with van der Waals surface area (Å²) in [5.41, 5.74) is -0.660. The minimum Gasteiger partial charge on any atom is -0.494 e. The van der Waals surface area contributed by atoms with Crippen LogP contribution in [0.4, 0.5) is 8.78 Å². The maximum Gasteiger partial charge on any atom is 0.274 e. The van der Waals surface area contributed by atoms with Gasteiger partial charge in [0, 0.05) is 9.77 Å². The van der Waals surface area contributed by atoms with Crippen LogP contribution in [0.1, 0.15) is 22.5 Å². The molecule has 0 N–H and O–H groups in total. The Labute approximate surface area is 103 Å². The Morgan fingerprint density at radius 2 is 2.27 bits per heavy atom. The van der Waals surface area contributed by atoms with E-state index in [2.05, 4.69) is 4.98 Å². The molecule has 0 amide bonds. The van der Waals surface area contributed by atoms with E-state index in [0.717, 1.165) is 6.20 Å².